The van der Waals surface area contributed by atoms with Crippen molar-refractivity contribution in [2.24, 2.45) is 0 Å². The minimum absolute atomic E-state index is 0.173. The first-order valence-electron chi connectivity index (χ1n) is 10.4. The number of pyridine rings is 1. The van der Waals surface area contributed by atoms with Crippen molar-refractivity contribution in [3.63, 3.8) is 0 Å². The molecule has 1 aliphatic heterocycles. The molecule has 152 valence electrons. The van der Waals surface area contributed by atoms with Crippen molar-refractivity contribution < 1.29 is 9.52 Å². The van der Waals surface area contributed by atoms with Crippen molar-refractivity contribution in [1.82, 2.24) is 9.97 Å². The van der Waals surface area contributed by atoms with E-state index in [0.717, 1.165) is 77.1 Å². The first-order valence-corrected chi connectivity index (χ1v) is 10.4. The Morgan fingerprint density at radius 1 is 1.24 bits per heavy atom. The smallest absolute Gasteiger partial charge is 0.237 e. The maximum atomic E-state index is 13.0. The number of unbranched alkanes of at least 4 members (excludes halogenated alkanes) is 2. The molecule has 0 spiro atoms. The van der Waals surface area contributed by atoms with Crippen LogP contribution in [-0.4, -0.2) is 22.4 Å². The molecule has 0 unspecified atom stereocenters. The third kappa shape index (κ3) is 3.59. The standard InChI is InChI=1S/C23H28N4O2/c1-4-5-6-12-27-20-14-19-18(13-17(20)23(2,3)22(27)28)24-21(25-19)10-9-16-8-7-11-26(29)15-16/h7-8,11,13-15H,4-6,9-10,12H2,1-3H3,(H,24,25). The second-order valence-electron chi connectivity index (χ2n) is 8.43. The number of hydrogen-bond acceptors (Lipinski definition) is 3. The molecule has 2 aromatic heterocycles. The van der Waals surface area contributed by atoms with Gasteiger partial charge in [0, 0.05) is 24.6 Å². The second kappa shape index (κ2) is 7.50. The minimum atomic E-state index is -0.521. The fraction of sp³-hybridized carbons (Fsp3) is 0.435. The number of rotatable bonds is 7. The van der Waals surface area contributed by atoms with Crippen LogP contribution in [0.25, 0.3) is 11.0 Å². The summed E-state index contributed by atoms with van der Waals surface area (Å²) in [6.07, 6.45) is 7.83. The number of carbonyl (C=O) groups is 1. The van der Waals surface area contributed by atoms with Crippen LogP contribution in [0.15, 0.2) is 36.7 Å². The van der Waals surface area contributed by atoms with Gasteiger partial charge in [-0.15, -0.1) is 0 Å². The predicted octanol–water partition coefficient (Wildman–Crippen LogP) is 3.80. The van der Waals surface area contributed by atoms with E-state index in [1.807, 2.05) is 24.8 Å². The average molecular weight is 393 g/mol. The highest BCUT2D eigenvalue weighted by molar-refractivity contribution is 6.09. The number of imidazole rings is 1. The molecule has 1 N–H and O–H groups in total. The number of hydrogen-bond donors (Lipinski definition) is 1. The lowest BCUT2D eigenvalue weighted by Gasteiger charge is -2.20. The van der Waals surface area contributed by atoms with Crippen molar-refractivity contribution in [2.75, 3.05) is 11.4 Å². The van der Waals surface area contributed by atoms with Crippen LogP contribution < -0.4 is 9.63 Å². The Morgan fingerprint density at radius 3 is 2.83 bits per heavy atom. The molecular weight excluding hydrogens is 364 g/mol. The molecule has 0 radical (unpaired) electrons. The third-order valence-corrected chi connectivity index (χ3v) is 5.86. The van der Waals surface area contributed by atoms with E-state index >= 15 is 0 Å². The molecule has 0 aliphatic carbocycles. The number of aryl methyl sites for hydroxylation is 2. The monoisotopic (exact) mass is 392 g/mol. The number of amides is 1. The Kier molecular flexibility index (Phi) is 5.03. The first-order chi connectivity index (χ1) is 13.9. The Labute approximate surface area is 171 Å². The normalized spacial score (nSPS) is 15.3. The number of carbonyl (C=O) groups excluding carboxylic acids is 1. The molecule has 29 heavy (non-hydrogen) atoms. The van der Waals surface area contributed by atoms with Gasteiger partial charge in [0.25, 0.3) is 0 Å². The van der Waals surface area contributed by atoms with Gasteiger partial charge in [-0.3, -0.25) is 4.79 Å². The van der Waals surface area contributed by atoms with Gasteiger partial charge in [-0.25, -0.2) is 4.98 Å². The van der Waals surface area contributed by atoms with Crippen molar-refractivity contribution in [3.8, 4) is 0 Å². The number of aromatic nitrogens is 3. The molecule has 1 amide bonds. The van der Waals surface area contributed by atoms with Crippen LogP contribution in [0.2, 0.25) is 0 Å². The number of aromatic amines is 1. The molecule has 0 fully saturated rings. The first kappa shape index (κ1) is 19.4. The van der Waals surface area contributed by atoms with Crippen LogP contribution in [0.1, 0.15) is 57.0 Å². The van der Waals surface area contributed by atoms with Gasteiger partial charge in [-0.1, -0.05) is 19.8 Å². The molecular formula is C23H28N4O2. The second-order valence-corrected chi connectivity index (χ2v) is 8.43. The van der Waals surface area contributed by atoms with Crippen LogP contribution >= 0.6 is 0 Å². The van der Waals surface area contributed by atoms with Crippen LogP contribution in [0.5, 0.6) is 0 Å². The minimum Gasteiger partial charge on any atom is -0.619 e. The summed E-state index contributed by atoms with van der Waals surface area (Å²) in [6, 6.07) is 7.86. The number of anilines is 1. The molecule has 3 aromatic rings. The van der Waals surface area contributed by atoms with Crippen molar-refractivity contribution >= 4 is 22.6 Å². The van der Waals surface area contributed by atoms with E-state index < -0.39 is 5.41 Å². The molecule has 6 heteroatoms. The van der Waals surface area contributed by atoms with Crippen LogP contribution in [0, 0.1) is 5.21 Å². The van der Waals surface area contributed by atoms with E-state index in [-0.39, 0.29) is 5.91 Å². The molecule has 0 atom stereocenters. The van der Waals surface area contributed by atoms with Gasteiger partial charge in [-0.2, -0.15) is 4.73 Å². The van der Waals surface area contributed by atoms with E-state index in [1.54, 1.807) is 12.3 Å². The number of nitrogens with zero attached hydrogens (tertiary/aromatic N) is 3. The van der Waals surface area contributed by atoms with Gasteiger partial charge < -0.3 is 15.1 Å². The summed E-state index contributed by atoms with van der Waals surface area (Å²) >= 11 is 0. The lowest BCUT2D eigenvalue weighted by molar-refractivity contribution is -0.605. The van der Waals surface area contributed by atoms with Gasteiger partial charge in [0.1, 0.15) is 5.82 Å². The molecule has 0 bridgehead atoms. The van der Waals surface area contributed by atoms with Crippen LogP contribution in [-0.2, 0) is 23.1 Å². The van der Waals surface area contributed by atoms with Crippen molar-refractivity contribution in [1.29, 1.82) is 0 Å². The predicted molar refractivity (Wildman–Crippen MR) is 114 cm³/mol. The van der Waals surface area contributed by atoms with Crippen LogP contribution in [0.4, 0.5) is 5.69 Å². The average Bonchev–Trinajstić information content (AvgIpc) is 3.17. The Bertz CT molecular complexity index is 1050. The van der Waals surface area contributed by atoms with Gasteiger partial charge in [0.05, 0.1) is 22.1 Å². The third-order valence-electron chi connectivity index (χ3n) is 5.86. The largest absolute Gasteiger partial charge is 0.619 e. The highest BCUT2D eigenvalue weighted by Gasteiger charge is 2.43. The van der Waals surface area contributed by atoms with E-state index in [2.05, 4.69) is 24.0 Å². The maximum absolute atomic E-state index is 13.0. The SMILES string of the molecule is CCCCCN1C(=O)C(C)(C)c2cc3[nH]c(CCc4ccc[n+]([O-])c4)nc3cc21. The highest BCUT2D eigenvalue weighted by atomic mass is 16.5. The molecule has 3 heterocycles. The van der Waals surface area contributed by atoms with Gasteiger partial charge in [-0.05, 0) is 50.5 Å². The van der Waals surface area contributed by atoms with Crippen LogP contribution in [0.3, 0.4) is 0 Å². The zero-order valence-electron chi connectivity index (χ0n) is 17.4. The number of benzene rings is 1. The summed E-state index contributed by atoms with van der Waals surface area (Å²) < 4.78 is 0.824. The van der Waals surface area contributed by atoms with Crippen molar-refractivity contribution in [3.05, 3.63) is 58.8 Å². The molecule has 4 rings (SSSR count). The zero-order chi connectivity index (χ0) is 20.6. The van der Waals surface area contributed by atoms with Crippen molar-refractivity contribution in [2.45, 2.75) is 58.3 Å². The molecule has 6 nitrogen and oxygen atoms in total. The van der Waals surface area contributed by atoms with Gasteiger partial charge >= 0.3 is 0 Å². The molecule has 0 saturated carbocycles. The number of fused-ring (bicyclic) bond motifs is 2. The Morgan fingerprint density at radius 2 is 2.07 bits per heavy atom. The Balaban J connectivity index is 1.61. The number of H-pyrrole nitrogens is 1. The lowest BCUT2D eigenvalue weighted by atomic mass is 9.86. The maximum Gasteiger partial charge on any atom is 0.237 e. The van der Waals surface area contributed by atoms with E-state index in [9.17, 15) is 10.0 Å². The quantitative estimate of drug-likeness (QED) is 0.377. The lowest BCUT2D eigenvalue weighted by Crippen LogP contribution is -2.36. The summed E-state index contributed by atoms with van der Waals surface area (Å²) in [5.74, 6) is 1.07. The highest BCUT2D eigenvalue weighted by Crippen LogP contribution is 2.43. The van der Waals surface area contributed by atoms with E-state index in [4.69, 9.17) is 4.98 Å². The van der Waals surface area contributed by atoms with E-state index in [0.29, 0.717) is 0 Å². The summed E-state index contributed by atoms with van der Waals surface area (Å²) in [5, 5.41) is 11.4. The molecule has 0 saturated heterocycles. The summed E-state index contributed by atoms with van der Waals surface area (Å²) in [4.78, 5) is 23.1. The zero-order valence-corrected chi connectivity index (χ0v) is 17.4. The fourth-order valence-electron chi connectivity index (χ4n) is 4.16. The summed E-state index contributed by atoms with van der Waals surface area (Å²) in [6.45, 7) is 6.94. The summed E-state index contributed by atoms with van der Waals surface area (Å²) in [7, 11) is 0. The van der Waals surface area contributed by atoms with E-state index in [1.165, 1.54) is 6.20 Å². The Hall–Kier alpha value is -2.89. The van der Waals surface area contributed by atoms with Gasteiger partial charge in [0.15, 0.2) is 12.4 Å². The number of nitrogens with one attached hydrogen (secondary N) is 1. The topological polar surface area (TPSA) is 75.9 Å². The van der Waals surface area contributed by atoms with Gasteiger partial charge in [0.2, 0.25) is 5.91 Å². The summed E-state index contributed by atoms with van der Waals surface area (Å²) in [5.41, 5.74) is 4.37. The fourth-order valence-corrected chi connectivity index (χ4v) is 4.16. The molecule has 1 aliphatic rings. The molecule has 1 aromatic carbocycles.